The molecule has 1 saturated carbocycles. The van der Waals surface area contributed by atoms with Crippen LogP contribution in [0, 0.1) is 5.41 Å². The summed E-state index contributed by atoms with van der Waals surface area (Å²) in [5.74, 6) is 0.0435. The highest BCUT2D eigenvalue weighted by Crippen LogP contribution is 2.39. The zero-order chi connectivity index (χ0) is 12.1. The Hall–Kier alpha value is 0.350. The van der Waals surface area contributed by atoms with Gasteiger partial charge in [-0.25, -0.2) is 13.1 Å². The molecule has 0 aromatic carbocycles. The topological polar surface area (TPSA) is 55.4 Å². The van der Waals surface area contributed by atoms with Crippen molar-refractivity contribution in [2.75, 3.05) is 31.3 Å². The predicted octanol–water partition coefficient (Wildman–Crippen LogP) is 1.51. The molecular formula is C10H20BrNO3S. The summed E-state index contributed by atoms with van der Waals surface area (Å²) in [6, 6.07) is 0. The van der Waals surface area contributed by atoms with Crippen LogP contribution in [0.15, 0.2) is 0 Å². The van der Waals surface area contributed by atoms with Gasteiger partial charge in [-0.1, -0.05) is 28.8 Å². The summed E-state index contributed by atoms with van der Waals surface area (Å²) >= 11 is 3.49. The van der Waals surface area contributed by atoms with Gasteiger partial charge in [0.15, 0.2) is 0 Å². The van der Waals surface area contributed by atoms with Crippen LogP contribution < -0.4 is 4.72 Å². The zero-order valence-electron chi connectivity index (χ0n) is 9.67. The van der Waals surface area contributed by atoms with E-state index in [1.54, 1.807) is 0 Å². The molecule has 0 unspecified atom stereocenters. The van der Waals surface area contributed by atoms with Gasteiger partial charge in [0.05, 0.1) is 12.4 Å². The maximum absolute atomic E-state index is 11.6. The third-order valence-electron chi connectivity index (χ3n) is 3.17. The van der Waals surface area contributed by atoms with Gasteiger partial charge in [-0.05, 0) is 18.3 Å². The molecule has 0 spiro atoms. The third kappa shape index (κ3) is 4.31. The fourth-order valence-electron chi connectivity index (χ4n) is 2.01. The van der Waals surface area contributed by atoms with Crippen LogP contribution in [0.4, 0.5) is 0 Å². The first-order chi connectivity index (χ1) is 7.54. The summed E-state index contributed by atoms with van der Waals surface area (Å²) in [5, 5.41) is 0.868. The SMILES string of the molecule is COCCS(=O)(=O)NCC1(CBr)CCCC1. The van der Waals surface area contributed by atoms with Gasteiger partial charge in [-0.3, -0.25) is 0 Å². The predicted molar refractivity (Wildman–Crippen MR) is 68.4 cm³/mol. The largest absolute Gasteiger partial charge is 0.384 e. The highest BCUT2D eigenvalue weighted by Gasteiger charge is 2.33. The molecule has 1 aliphatic carbocycles. The van der Waals surface area contributed by atoms with Gasteiger partial charge in [0, 0.05) is 19.0 Å². The minimum atomic E-state index is -3.18. The van der Waals surface area contributed by atoms with Crippen molar-refractivity contribution >= 4 is 26.0 Å². The molecule has 0 bridgehead atoms. The number of halogens is 1. The van der Waals surface area contributed by atoms with Crippen LogP contribution in [0.3, 0.4) is 0 Å². The molecule has 0 radical (unpaired) electrons. The molecule has 0 heterocycles. The molecule has 0 saturated heterocycles. The van der Waals surface area contributed by atoms with Crippen molar-refractivity contribution < 1.29 is 13.2 Å². The Labute approximate surface area is 106 Å². The Bertz CT molecular complexity index is 299. The van der Waals surface area contributed by atoms with Crippen molar-refractivity contribution in [3.05, 3.63) is 0 Å². The Balaban J connectivity index is 2.43. The molecule has 16 heavy (non-hydrogen) atoms. The fourth-order valence-corrected chi connectivity index (χ4v) is 3.83. The van der Waals surface area contributed by atoms with Gasteiger partial charge in [-0.2, -0.15) is 0 Å². The lowest BCUT2D eigenvalue weighted by atomic mass is 9.89. The monoisotopic (exact) mass is 313 g/mol. The van der Waals surface area contributed by atoms with Crippen LogP contribution in [-0.4, -0.2) is 39.8 Å². The van der Waals surface area contributed by atoms with Crippen molar-refractivity contribution in [3.63, 3.8) is 0 Å². The van der Waals surface area contributed by atoms with E-state index in [1.807, 2.05) is 0 Å². The van der Waals surface area contributed by atoms with E-state index in [2.05, 4.69) is 20.7 Å². The summed E-state index contributed by atoms with van der Waals surface area (Å²) in [6.45, 7) is 0.793. The van der Waals surface area contributed by atoms with Crippen molar-refractivity contribution in [1.82, 2.24) is 4.72 Å². The average molecular weight is 314 g/mol. The molecule has 1 fully saturated rings. The van der Waals surface area contributed by atoms with E-state index in [4.69, 9.17) is 4.74 Å². The minimum Gasteiger partial charge on any atom is -0.384 e. The molecule has 6 heteroatoms. The van der Waals surface area contributed by atoms with E-state index < -0.39 is 10.0 Å². The lowest BCUT2D eigenvalue weighted by Gasteiger charge is -2.26. The van der Waals surface area contributed by atoms with E-state index in [0.717, 1.165) is 18.2 Å². The van der Waals surface area contributed by atoms with Crippen molar-refractivity contribution in [2.24, 2.45) is 5.41 Å². The second-order valence-electron chi connectivity index (χ2n) is 4.47. The summed E-state index contributed by atoms with van der Waals surface area (Å²) in [6.07, 6.45) is 4.60. The summed E-state index contributed by atoms with van der Waals surface area (Å²) < 4.78 is 30.7. The second kappa shape index (κ2) is 6.33. The lowest BCUT2D eigenvalue weighted by Crippen LogP contribution is -2.38. The maximum Gasteiger partial charge on any atom is 0.213 e. The number of rotatable bonds is 7. The standard InChI is InChI=1S/C10H20BrNO3S/c1-15-6-7-16(13,14)12-9-10(8-11)4-2-3-5-10/h12H,2-9H2,1H3. The first-order valence-corrected chi connectivity index (χ1v) is 8.33. The minimum absolute atomic E-state index is 0.0435. The van der Waals surface area contributed by atoms with Crippen LogP contribution in [0.25, 0.3) is 0 Å². The van der Waals surface area contributed by atoms with Gasteiger partial charge >= 0.3 is 0 Å². The number of alkyl halides is 1. The van der Waals surface area contributed by atoms with E-state index in [9.17, 15) is 8.42 Å². The molecule has 0 aliphatic heterocycles. The first-order valence-electron chi connectivity index (χ1n) is 5.56. The van der Waals surface area contributed by atoms with Gasteiger partial charge in [0.25, 0.3) is 0 Å². The molecule has 0 atom stereocenters. The van der Waals surface area contributed by atoms with Crippen molar-refractivity contribution in [3.8, 4) is 0 Å². The molecule has 0 amide bonds. The van der Waals surface area contributed by atoms with E-state index in [-0.39, 0.29) is 17.8 Å². The van der Waals surface area contributed by atoms with Crippen LogP contribution in [0.2, 0.25) is 0 Å². The number of methoxy groups -OCH3 is 1. The summed E-state index contributed by atoms with van der Waals surface area (Å²) in [7, 11) is -1.67. The highest BCUT2D eigenvalue weighted by molar-refractivity contribution is 9.09. The van der Waals surface area contributed by atoms with E-state index >= 15 is 0 Å². The van der Waals surface area contributed by atoms with Crippen LogP contribution in [0.1, 0.15) is 25.7 Å². The van der Waals surface area contributed by atoms with E-state index in [1.165, 1.54) is 20.0 Å². The summed E-state index contributed by atoms with van der Waals surface area (Å²) in [5.41, 5.74) is 0.125. The Morgan fingerprint density at radius 1 is 1.38 bits per heavy atom. The number of sulfonamides is 1. The van der Waals surface area contributed by atoms with E-state index in [0.29, 0.717) is 6.54 Å². The molecule has 1 aliphatic rings. The van der Waals surface area contributed by atoms with Gasteiger partial charge in [0.2, 0.25) is 10.0 Å². The normalized spacial score (nSPS) is 20.1. The van der Waals surface area contributed by atoms with Crippen molar-refractivity contribution in [2.45, 2.75) is 25.7 Å². The molecule has 1 rings (SSSR count). The molecule has 0 aromatic rings. The number of ether oxygens (including phenoxy) is 1. The maximum atomic E-state index is 11.6. The molecule has 96 valence electrons. The van der Waals surface area contributed by atoms with Crippen LogP contribution in [-0.2, 0) is 14.8 Å². The number of hydrogen-bond donors (Lipinski definition) is 1. The average Bonchev–Trinajstić information content (AvgIpc) is 2.74. The Kier molecular flexibility index (Phi) is 5.70. The Morgan fingerprint density at radius 2 is 2.00 bits per heavy atom. The molecular weight excluding hydrogens is 294 g/mol. The van der Waals surface area contributed by atoms with Gasteiger partial charge in [0.1, 0.15) is 0 Å². The van der Waals surface area contributed by atoms with Gasteiger partial charge < -0.3 is 4.74 Å². The zero-order valence-corrected chi connectivity index (χ0v) is 12.1. The van der Waals surface area contributed by atoms with Gasteiger partial charge in [-0.15, -0.1) is 0 Å². The third-order valence-corrected chi connectivity index (χ3v) is 5.65. The molecule has 0 aromatic heterocycles. The van der Waals surface area contributed by atoms with Crippen molar-refractivity contribution in [1.29, 1.82) is 0 Å². The Morgan fingerprint density at radius 3 is 2.50 bits per heavy atom. The quantitative estimate of drug-likeness (QED) is 0.725. The summed E-state index contributed by atoms with van der Waals surface area (Å²) in [4.78, 5) is 0. The second-order valence-corrected chi connectivity index (χ2v) is 6.96. The first kappa shape index (κ1) is 14.4. The lowest BCUT2D eigenvalue weighted by molar-refractivity contribution is 0.216. The van der Waals surface area contributed by atoms with Crippen LogP contribution in [0.5, 0.6) is 0 Å². The number of hydrogen-bond acceptors (Lipinski definition) is 3. The molecule has 1 N–H and O–H groups in total. The fraction of sp³-hybridized carbons (Fsp3) is 1.00. The van der Waals surface area contributed by atoms with Crippen LogP contribution >= 0.6 is 15.9 Å². The molecule has 4 nitrogen and oxygen atoms in total. The highest BCUT2D eigenvalue weighted by atomic mass is 79.9. The number of nitrogens with one attached hydrogen (secondary N) is 1. The smallest absolute Gasteiger partial charge is 0.213 e.